The van der Waals surface area contributed by atoms with Crippen LogP contribution in [0.1, 0.15) is 39.2 Å². The van der Waals surface area contributed by atoms with Gasteiger partial charge in [-0.25, -0.2) is 0 Å². The maximum Gasteiger partial charge on any atom is 0.197 e. The third-order valence-electron chi connectivity index (χ3n) is 4.96. The summed E-state index contributed by atoms with van der Waals surface area (Å²) in [7, 11) is 0. The largest absolute Gasteiger partial charge is 0.508 e. The van der Waals surface area contributed by atoms with Crippen LogP contribution in [0.2, 0.25) is 0 Å². The van der Waals surface area contributed by atoms with Crippen LogP contribution in [-0.2, 0) is 6.42 Å². The summed E-state index contributed by atoms with van der Waals surface area (Å²) in [4.78, 5) is 12.7. The van der Waals surface area contributed by atoms with E-state index in [-0.39, 0.29) is 28.2 Å². The summed E-state index contributed by atoms with van der Waals surface area (Å²) in [5.41, 5.74) is 3.24. The van der Waals surface area contributed by atoms with E-state index in [2.05, 4.69) is 19.9 Å². The van der Waals surface area contributed by atoms with Gasteiger partial charge in [0, 0.05) is 23.3 Å². The topological polar surface area (TPSA) is 90.9 Å². The Kier molecular flexibility index (Phi) is 6.31. The van der Waals surface area contributed by atoms with Crippen molar-refractivity contribution in [1.82, 2.24) is 0 Å². The molecule has 0 spiro atoms. The van der Waals surface area contributed by atoms with Gasteiger partial charge in [-0.15, -0.1) is 0 Å². The van der Waals surface area contributed by atoms with Gasteiger partial charge >= 0.3 is 0 Å². The van der Waals surface area contributed by atoms with Gasteiger partial charge in [0.05, 0.1) is 0 Å². The van der Waals surface area contributed by atoms with Crippen molar-refractivity contribution >= 4 is 11.0 Å². The molecule has 5 nitrogen and oxygen atoms in total. The minimum atomic E-state index is -0.401. The fourth-order valence-corrected chi connectivity index (χ4v) is 3.29. The molecule has 0 amide bonds. The predicted octanol–water partition coefficient (Wildman–Crippen LogP) is 5.81. The summed E-state index contributed by atoms with van der Waals surface area (Å²) in [5.74, 6) is -0.0459. The quantitative estimate of drug-likeness (QED) is 0.449. The van der Waals surface area contributed by atoms with E-state index >= 15 is 0 Å². The van der Waals surface area contributed by atoms with Gasteiger partial charge in [0.1, 0.15) is 34.0 Å². The highest BCUT2D eigenvalue weighted by atomic mass is 16.3. The molecular weight excluding hydrogens is 380 g/mol. The molecule has 1 heterocycles. The molecule has 0 atom stereocenters. The predicted molar refractivity (Wildman–Crippen MR) is 119 cm³/mol. The molecule has 156 valence electrons. The summed E-state index contributed by atoms with van der Waals surface area (Å²) in [6, 6.07) is 8.75. The summed E-state index contributed by atoms with van der Waals surface area (Å²) in [6.45, 7) is 6.15. The first-order chi connectivity index (χ1) is 14.3. The lowest BCUT2D eigenvalue weighted by atomic mass is 10.0. The lowest BCUT2D eigenvalue weighted by Crippen LogP contribution is -2.03. The van der Waals surface area contributed by atoms with E-state index in [0.29, 0.717) is 23.3 Å². The Hall–Kier alpha value is -3.47. The minimum absolute atomic E-state index is 0.0425. The summed E-state index contributed by atoms with van der Waals surface area (Å²) < 4.78 is 5.97. The number of hydrogen-bond acceptors (Lipinski definition) is 5. The van der Waals surface area contributed by atoms with Crippen LogP contribution in [0.5, 0.6) is 17.2 Å². The van der Waals surface area contributed by atoms with Crippen LogP contribution in [0.25, 0.3) is 22.3 Å². The average molecular weight is 406 g/mol. The lowest BCUT2D eigenvalue weighted by Gasteiger charge is -2.11. The van der Waals surface area contributed by atoms with Crippen LogP contribution in [0.4, 0.5) is 0 Å². The molecule has 0 unspecified atom stereocenters. The van der Waals surface area contributed by atoms with Crippen LogP contribution < -0.4 is 5.43 Å². The summed E-state index contributed by atoms with van der Waals surface area (Å²) in [5, 5.41) is 30.2. The van der Waals surface area contributed by atoms with Crippen LogP contribution in [-0.4, -0.2) is 15.3 Å². The molecule has 3 rings (SSSR count). The van der Waals surface area contributed by atoms with Crippen LogP contribution in [0, 0.1) is 0 Å². The summed E-state index contributed by atoms with van der Waals surface area (Å²) >= 11 is 0. The first kappa shape index (κ1) is 21.2. The van der Waals surface area contributed by atoms with Gasteiger partial charge < -0.3 is 19.7 Å². The van der Waals surface area contributed by atoms with Crippen molar-refractivity contribution in [2.75, 3.05) is 0 Å². The van der Waals surface area contributed by atoms with Gasteiger partial charge in [0.25, 0.3) is 0 Å². The highest BCUT2D eigenvalue weighted by molar-refractivity contribution is 5.89. The standard InChI is InChI=1S/C25H26O5/c1-15(2)5-4-6-16(3)7-12-19-20(27)13-21(28)24-22(29)14-23(30-25(19)24)17-8-10-18(26)11-9-17/h5,7-11,13-14,26-28H,4,6,12H2,1-3H3. The van der Waals surface area contributed by atoms with Crippen molar-refractivity contribution in [3.63, 3.8) is 0 Å². The van der Waals surface area contributed by atoms with Crippen LogP contribution >= 0.6 is 0 Å². The fourth-order valence-electron chi connectivity index (χ4n) is 3.29. The molecule has 30 heavy (non-hydrogen) atoms. The number of allylic oxidation sites excluding steroid dienone is 4. The molecule has 5 heteroatoms. The fraction of sp³-hybridized carbons (Fsp3) is 0.240. The Morgan fingerprint density at radius 3 is 2.33 bits per heavy atom. The molecule has 0 aliphatic rings. The van der Waals surface area contributed by atoms with Gasteiger partial charge in [-0.2, -0.15) is 0 Å². The zero-order valence-electron chi connectivity index (χ0n) is 17.4. The van der Waals surface area contributed by atoms with Crippen molar-refractivity contribution in [3.05, 3.63) is 75.5 Å². The van der Waals surface area contributed by atoms with Gasteiger partial charge in [0.15, 0.2) is 5.43 Å². The molecule has 2 aromatic carbocycles. The third-order valence-corrected chi connectivity index (χ3v) is 4.96. The molecule has 0 bridgehead atoms. The highest BCUT2D eigenvalue weighted by Gasteiger charge is 2.17. The number of benzene rings is 2. The zero-order valence-corrected chi connectivity index (χ0v) is 17.4. The number of fused-ring (bicyclic) bond motifs is 1. The number of hydrogen-bond donors (Lipinski definition) is 3. The van der Waals surface area contributed by atoms with Crippen molar-refractivity contribution in [3.8, 4) is 28.6 Å². The first-order valence-electron chi connectivity index (χ1n) is 9.86. The Bertz CT molecular complexity index is 1180. The third kappa shape index (κ3) is 4.74. The molecule has 1 aromatic heterocycles. The van der Waals surface area contributed by atoms with E-state index in [0.717, 1.165) is 18.4 Å². The summed E-state index contributed by atoms with van der Waals surface area (Å²) in [6.07, 6.45) is 6.37. The van der Waals surface area contributed by atoms with Crippen LogP contribution in [0.3, 0.4) is 0 Å². The average Bonchev–Trinajstić information content (AvgIpc) is 2.67. The smallest absolute Gasteiger partial charge is 0.197 e. The van der Waals surface area contributed by atoms with E-state index in [9.17, 15) is 20.1 Å². The van der Waals surface area contributed by atoms with Gasteiger partial charge in [-0.1, -0.05) is 23.3 Å². The van der Waals surface area contributed by atoms with Crippen molar-refractivity contribution < 1.29 is 19.7 Å². The van der Waals surface area contributed by atoms with E-state index in [1.165, 1.54) is 29.8 Å². The molecule has 3 aromatic rings. The number of rotatable bonds is 6. The number of phenols is 3. The monoisotopic (exact) mass is 406 g/mol. The molecule has 0 fully saturated rings. The number of phenolic OH excluding ortho intramolecular Hbond substituents is 3. The van der Waals surface area contributed by atoms with Crippen molar-refractivity contribution in [2.24, 2.45) is 0 Å². The van der Waals surface area contributed by atoms with Gasteiger partial charge in [0.2, 0.25) is 0 Å². The second-order valence-electron chi connectivity index (χ2n) is 7.69. The van der Waals surface area contributed by atoms with E-state index < -0.39 is 5.43 Å². The molecule has 0 radical (unpaired) electrons. The first-order valence-corrected chi connectivity index (χ1v) is 9.86. The molecule has 3 N–H and O–H groups in total. The lowest BCUT2D eigenvalue weighted by molar-refractivity contribution is 0.448. The normalized spacial score (nSPS) is 11.6. The van der Waals surface area contributed by atoms with Crippen molar-refractivity contribution in [1.29, 1.82) is 0 Å². The molecule has 0 aliphatic heterocycles. The van der Waals surface area contributed by atoms with Gasteiger partial charge in [-0.05, 0) is 64.3 Å². The molecular formula is C25H26O5. The van der Waals surface area contributed by atoms with E-state index in [4.69, 9.17) is 4.42 Å². The van der Waals surface area contributed by atoms with Crippen LogP contribution in [0.15, 0.2) is 68.9 Å². The highest BCUT2D eigenvalue weighted by Crippen LogP contribution is 2.35. The van der Waals surface area contributed by atoms with E-state index in [1.807, 2.05) is 13.0 Å². The minimum Gasteiger partial charge on any atom is -0.508 e. The molecule has 0 saturated heterocycles. The zero-order chi connectivity index (χ0) is 21.8. The Morgan fingerprint density at radius 2 is 1.67 bits per heavy atom. The Balaban J connectivity index is 2.06. The second-order valence-corrected chi connectivity index (χ2v) is 7.69. The molecule has 0 saturated carbocycles. The van der Waals surface area contributed by atoms with E-state index in [1.54, 1.807) is 12.1 Å². The van der Waals surface area contributed by atoms with Gasteiger partial charge in [-0.3, -0.25) is 4.79 Å². The SMILES string of the molecule is CC(C)=CCCC(C)=CCc1c(O)cc(O)c2c(=O)cc(-c3ccc(O)cc3)oc12. The Morgan fingerprint density at radius 1 is 0.967 bits per heavy atom. The second kappa shape index (κ2) is 8.91. The maximum absolute atomic E-state index is 12.7. The van der Waals surface area contributed by atoms with Crippen molar-refractivity contribution in [2.45, 2.75) is 40.0 Å². The number of aromatic hydroxyl groups is 3. The Labute approximate surface area is 175 Å². The molecule has 0 aliphatic carbocycles. The maximum atomic E-state index is 12.7.